The average molecular weight is 339 g/mol. The predicted molar refractivity (Wildman–Crippen MR) is 75.7 cm³/mol. The van der Waals surface area contributed by atoms with Crippen molar-refractivity contribution in [2.75, 3.05) is 7.11 Å². The number of ether oxygens (including phenoxy) is 1. The van der Waals surface area contributed by atoms with Crippen molar-refractivity contribution in [1.29, 1.82) is 0 Å². The Morgan fingerprint density at radius 2 is 2.05 bits per heavy atom. The Balaban J connectivity index is 2.77. The zero-order chi connectivity index (χ0) is 14.9. The zero-order valence-electron chi connectivity index (χ0n) is 10.8. The molecule has 0 aliphatic heterocycles. The number of halogens is 1. The Bertz CT molecular complexity index is 767. The van der Waals surface area contributed by atoms with Crippen molar-refractivity contribution in [1.82, 2.24) is 9.78 Å². The van der Waals surface area contributed by atoms with Crippen LogP contribution in [0.4, 0.5) is 0 Å². The largest absolute Gasteiger partial charge is 0.468 e. The molecule has 0 spiro atoms. The molecule has 0 aliphatic rings. The molecule has 104 valence electrons. The molecule has 1 heterocycles. The van der Waals surface area contributed by atoms with Crippen molar-refractivity contribution in [3.8, 4) is 0 Å². The molecule has 0 radical (unpaired) electrons. The van der Waals surface area contributed by atoms with Crippen molar-refractivity contribution >= 4 is 38.5 Å². The van der Waals surface area contributed by atoms with E-state index in [0.29, 0.717) is 10.8 Å². The van der Waals surface area contributed by atoms with Crippen molar-refractivity contribution in [2.24, 2.45) is 0 Å². The van der Waals surface area contributed by atoms with Gasteiger partial charge >= 0.3 is 5.97 Å². The van der Waals surface area contributed by atoms with Gasteiger partial charge in [-0.1, -0.05) is 15.9 Å². The third kappa shape index (κ3) is 2.62. The van der Waals surface area contributed by atoms with Crippen LogP contribution in [0.5, 0.6) is 0 Å². The van der Waals surface area contributed by atoms with E-state index in [-0.39, 0.29) is 18.0 Å². The quantitative estimate of drug-likeness (QED) is 0.626. The molecule has 20 heavy (non-hydrogen) atoms. The van der Waals surface area contributed by atoms with Crippen LogP contribution < -0.4 is 5.56 Å². The minimum absolute atomic E-state index is 0.143. The summed E-state index contributed by atoms with van der Waals surface area (Å²) in [6.45, 7) is 1.03. The van der Waals surface area contributed by atoms with Crippen molar-refractivity contribution in [3.63, 3.8) is 0 Å². The molecule has 0 bridgehead atoms. The van der Waals surface area contributed by atoms with Crippen LogP contribution in [0, 0.1) is 0 Å². The van der Waals surface area contributed by atoms with E-state index in [1.54, 1.807) is 18.2 Å². The van der Waals surface area contributed by atoms with Crippen LogP contribution in [0.3, 0.4) is 0 Å². The Labute approximate surface area is 122 Å². The molecule has 1 aromatic heterocycles. The standard InChI is InChI=1S/C13H11BrN2O4/c1-7(17)12-10-5-8(14)3-4-9(10)13(19)16(15-12)6-11(18)20-2/h3-5H,6H2,1-2H3. The van der Waals surface area contributed by atoms with E-state index in [0.717, 1.165) is 9.15 Å². The fraction of sp³-hybridized carbons (Fsp3) is 0.231. The molecule has 0 fully saturated rings. The summed E-state index contributed by atoms with van der Waals surface area (Å²) in [7, 11) is 1.22. The molecular weight excluding hydrogens is 328 g/mol. The number of esters is 1. The lowest BCUT2D eigenvalue weighted by molar-refractivity contribution is -0.141. The Hall–Kier alpha value is -2.02. The van der Waals surface area contributed by atoms with Gasteiger partial charge in [-0.05, 0) is 18.2 Å². The van der Waals surface area contributed by atoms with E-state index in [1.807, 2.05) is 0 Å². The molecule has 6 nitrogen and oxygen atoms in total. The number of fused-ring (bicyclic) bond motifs is 1. The lowest BCUT2D eigenvalue weighted by atomic mass is 10.1. The van der Waals surface area contributed by atoms with Crippen LogP contribution >= 0.6 is 15.9 Å². The molecule has 7 heteroatoms. The summed E-state index contributed by atoms with van der Waals surface area (Å²) in [5.41, 5.74) is -0.298. The summed E-state index contributed by atoms with van der Waals surface area (Å²) in [4.78, 5) is 35.2. The minimum Gasteiger partial charge on any atom is -0.468 e. The van der Waals surface area contributed by atoms with Crippen LogP contribution in [0.1, 0.15) is 17.4 Å². The van der Waals surface area contributed by atoms with Gasteiger partial charge in [0.2, 0.25) is 0 Å². The van der Waals surface area contributed by atoms with Gasteiger partial charge in [0, 0.05) is 16.8 Å². The van der Waals surface area contributed by atoms with Gasteiger partial charge in [-0.25, -0.2) is 4.68 Å². The summed E-state index contributed by atoms with van der Waals surface area (Å²) >= 11 is 3.29. The fourth-order valence-corrected chi connectivity index (χ4v) is 2.17. The van der Waals surface area contributed by atoms with Gasteiger partial charge in [0.05, 0.1) is 12.5 Å². The number of hydrogen-bond donors (Lipinski definition) is 0. The van der Waals surface area contributed by atoms with Crippen LogP contribution in [0.2, 0.25) is 0 Å². The number of ketones is 1. The van der Waals surface area contributed by atoms with Gasteiger partial charge in [-0.3, -0.25) is 14.4 Å². The van der Waals surface area contributed by atoms with Gasteiger partial charge in [0.1, 0.15) is 12.2 Å². The van der Waals surface area contributed by atoms with Gasteiger partial charge < -0.3 is 4.74 Å². The maximum Gasteiger partial charge on any atom is 0.327 e. The third-order valence-electron chi connectivity index (χ3n) is 2.76. The maximum atomic E-state index is 12.2. The predicted octanol–water partition coefficient (Wildman–Crippen LogP) is 1.53. The molecular formula is C13H11BrN2O4. The summed E-state index contributed by atoms with van der Waals surface area (Å²) in [5, 5.41) is 4.75. The Morgan fingerprint density at radius 3 is 2.65 bits per heavy atom. The van der Waals surface area contributed by atoms with Crippen LogP contribution in [-0.2, 0) is 16.1 Å². The topological polar surface area (TPSA) is 78.3 Å². The highest BCUT2D eigenvalue weighted by Crippen LogP contribution is 2.19. The average Bonchev–Trinajstić information content (AvgIpc) is 2.41. The van der Waals surface area contributed by atoms with Crippen molar-refractivity contribution < 1.29 is 14.3 Å². The van der Waals surface area contributed by atoms with Crippen LogP contribution in [0.25, 0.3) is 10.8 Å². The first-order chi connectivity index (χ1) is 9.43. The molecule has 2 aromatic rings. The molecule has 0 atom stereocenters. The van der Waals surface area contributed by atoms with E-state index in [2.05, 4.69) is 25.8 Å². The Kier molecular flexibility index (Phi) is 3.99. The van der Waals surface area contributed by atoms with E-state index in [9.17, 15) is 14.4 Å². The molecule has 0 aliphatic carbocycles. The smallest absolute Gasteiger partial charge is 0.327 e. The summed E-state index contributed by atoms with van der Waals surface area (Å²) in [6, 6.07) is 4.93. The number of methoxy groups -OCH3 is 1. The summed E-state index contributed by atoms with van der Waals surface area (Å²) < 4.78 is 6.19. The number of rotatable bonds is 3. The normalized spacial score (nSPS) is 10.6. The summed E-state index contributed by atoms with van der Waals surface area (Å²) in [6.07, 6.45) is 0. The molecule has 1 aromatic carbocycles. The second-order valence-electron chi connectivity index (χ2n) is 4.13. The van der Waals surface area contributed by atoms with Crippen LogP contribution in [0.15, 0.2) is 27.5 Å². The zero-order valence-corrected chi connectivity index (χ0v) is 12.4. The second-order valence-corrected chi connectivity index (χ2v) is 5.05. The van der Waals surface area contributed by atoms with E-state index in [4.69, 9.17) is 0 Å². The highest BCUT2D eigenvalue weighted by atomic mass is 79.9. The third-order valence-corrected chi connectivity index (χ3v) is 3.26. The molecule has 0 saturated heterocycles. The van der Waals surface area contributed by atoms with Gasteiger partial charge in [0.25, 0.3) is 5.56 Å². The fourth-order valence-electron chi connectivity index (χ4n) is 1.81. The van der Waals surface area contributed by atoms with Crippen molar-refractivity contribution in [3.05, 3.63) is 38.7 Å². The van der Waals surface area contributed by atoms with E-state index in [1.165, 1.54) is 14.0 Å². The SMILES string of the molecule is COC(=O)Cn1nc(C(C)=O)c2cc(Br)ccc2c1=O. The first-order valence-corrected chi connectivity index (χ1v) is 6.51. The number of carbonyl (C=O) groups excluding carboxylic acids is 2. The lowest BCUT2D eigenvalue weighted by Gasteiger charge is -2.08. The molecule has 0 N–H and O–H groups in total. The van der Waals surface area contributed by atoms with Gasteiger partial charge in [-0.2, -0.15) is 5.10 Å². The Morgan fingerprint density at radius 1 is 1.35 bits per heavy atom. The number of hydrogen-bond acceptors (Lipinski definition) is 5. The molecule has 0 saturated carbocycles. The first-order valence-electron chi connectivity index (χ1n) is 5.72. The highest BCUT2D eigenvalue weighted by Gasteiger charge is 2.15. The van der Waals surface area contributed by atoms with E-state index >= 15 is 0 Å². The number of aromatic nitrogens is 2. The number of Topliss-reactive ketones (excluding diaryl/α,β-unsaturated/α-hetero) is 1. The van der Waals surface area contributed by atoms with Crippen molar-refractivity contribution in [2.45, 2.75) is 13.5 Å². The number of benzene rings is 1. The lowest BCUT2D eigenvalue weighted by Crippen LogP contribution is -2.29. The molecule has 0 unspecified atom stereocenters. The van der Waals surface area contributed by atoms with E-state index < -0.39 is 11.5 Å². The minimum atomic E-state index is -0.606. The maximum absolute atomic E-state index is 12.2. The van der Waals surface area contributed by atoms with Gasteiger partial charge in [-0.15, -0.1) is 0 Å². The molecule has 0 amide bonds. The number of carbonyl (C=O) groups is 2. The summed E-state index contributed by atoms with van der Waals surface area (Å²) in [5.74, 6) is -0.891. The second kappa shape index (κ2) is 5.54. The molecule has 2 rings (SSSR count). The monoisotopic (exact) mass is 338 g/mol. The van der Waals surface area contributed by atoms with Gasteiger partial charge in [0.15, 0.2) is 5.78 Å². The van der Waals surface area contributed by atoms with Crippen LogP contribution in [-0.4, -0.2) is 28.6 Å². The number of nitrogens with zero attached hydrogens (tertiary/aromatic N) is 2. The highest BCUT2D eigenvalue weighted by molar-refractivity contribution is 9.10. The first kappa shape index (κ1) is 14.4.